The molecule has 2 rings (SSSR count). The molecule has 0 saturated carbocycles. The Hall–Kier alpha value is -1.81. The molecule has 0 fully saturated rings. The molecule has 4 nitrogen and oxygen atoms in total. The van der Waals surface area contributed by atoms with Crippen LogP contribution < -0.4 is 10.6 Å². The van der Waals surface area contributed by atoms with Crippen LogP contribution in [-0.2, 0) is 13.0 Å². The predicted octanol–water partition coefficient (Wildman–Crippen LogP) is 2.21. The van der Waals surface area contributed by atoms with Crippen LogP contribution in [-0.4, -0.2) is 23.9 Å². The zero-order chi connectivity index (χ0) is 13.8. The minimum atomic E-state index is 0.0192. The third-order valence-corrected chi connectivity index (χ3v) is 3.30. The molecule has 1 atom stereocenters. The number of anilines is 1. The van der Waals surface area contributed by atoms with E-state index in [2.05, 4.69) is 47.4 Å². The number of benzene rings is 1. The molecule has 1 aromatic carbocycles. The SMILES string of the molecule is CCn1cc(CC(N)c2ccc(N(C)C)cc2)cn1. The monoisotopic (exact) mass is 258 g/mol. The highest BCUT2D eigenvalue weighted by Gasteiger charge is 2.09. The average molecular weight is 258 g/mol. The van der Waals surface area contributed by atoms with Crippen molar-refractivity contribution in [2.45, 2.75) is 25.9 Å². The van der Waals surface area contributed by atoms with E-state index >= 15 is 0 Å². The topological polar surface area (TPSA) is 47.1 Å². The summed E-state index contributed by atoms with van der Waals surface area (Å²) in [5, 5.41) is 4.27. The third kappa shape index (κ3) is 3.35. The Labute approximate surface area is 114 Å². The van der Waals surface area contributed by atoms with E-state index in [0.29, 0.717) is 0 Å². The van der Waals surface area contributed by atoms with E-state index in [1.807, 2.05) is 25.0 Å². The summed E-state index contributed by atoms with van der Waals surface area (Å²) < 4.78 is 1.93. The Bertz CT molecular complexity index is 513. The van der Waals surface area contributed by atoms with Gasteiger partial charge in [0.25, 0.3) is 0 Å². The van der Waals surface area contributed by atoms with Crippen LogP contribution in [0.3, 0.4) is 0 Å². The summed E-state index contributed by atoms with van der Waals surface area (Å²) >= 11 is 0. The third-order valence-electron chi connectivity index (χ3n) is 3.30. The second kappa shape index (κ2) is 5.89. The maximum atomic E-state index is 6.25. The molecule has 0 aliphatic carbocycles. The highest BCUT2D eigenvalue weighted by molar-refractivity contribution is 5.46. The molecule has 0 aliphatic heterocycles. The van der Waals surface area contributed by atoms with Crippen LogP contribution in [0.25, 0.3) is 0 Å². The second-order valence-corrected chi connectivity index (χ2v) is 5.00. The lowest BCUT2D eigenvalue weighted by Crippen LogP contribution is -2.14. The molecule has 0 bridgehead atoms. The summed E-state index contributed by atoms with van der Waals surface area (Å²) in [5.74, 6) is 0. The van der Waals surface area contributed by atoms with Crippen LogP contribution in [0.4, 0.5) is 5.69 Å². The molecule has 0 saturated heterocycles. The van der Waals surface area contributed by atoms with Gasteiger partial charge in [-0.25, -0.2) is 0 Å². The van der Waals surface area contributed by atoms with Crippen molar-refractivity contribution in [2.75, 3.05) is 19.0 Å². The lowest BCUT2D eigenvalue weighted by molar-refractivity contribution is 0.657. The molecule has 2 N–H and O–H groups in total. The highest BCUT2D eigenvalue weighted by Crippen LogP contribution is 2.19. The van der Waals surface area contributed by atoms with Crippen molar-refractivity contribution < 1.29 is 0 Å². The Kier molecular flexibility index (Phi) is 4.22. The first kappa shape index (κ1) is 13.6. The fourth-order valence-electron chi connectivity index (χ4n) is 2.08. The fraction of sp³-hybridized carbons (Fsp3) is 0.400. The van der Waals surface area contributed by atoms with E-state index in [9.17, 15) is 0 Å². The van der Waals surface area contributed by atoms with Gasteiger partial charge in [-0.15, -0.1) is 0 Å². The molecule has 4 heteroatoms. The summed E-state index contributed by atoms with van der Waals surface area (Å²) in [6.07, 6.45) is 4.78. The zero-order valence-corrected chi connectivity index (χ0v) is 11.9. The minimum Gasteiger partial charge on any atom is -0.378 e. The van der Waals surface area contributed by atoms with Crippen LogP contribution in [0.2, 0.25) is 0 Å². The van der Waals surface area contributed by atoms with E-state index in [0.717, 1.165) is 18.5 Å². The number of nitrogens with zero attached hydrogens (tertiary/aromatic N) is 3. The number of aromatic nitrogens is 2. The smallest absolute Gasteiger partial charge is 0.0522 e. The van der Waals surface area contributed by atoms with Gasteiger partial charge in [0.15, 0.2) is 0 Å². The molecule has 19 heavy (non-hydrogen) atoms. The lowest BCUT2D eigenvalue weighted by Gasteiger charge is -2.15. The van der Waals surface area contributed by atoms with Crippen molar-refractivity contribution in [1.82, 2.24) is 9.78 Å². The first-order valence-electron chi connectivity index (χ1n) is 6.64. The van der Waals surface area contributed by atoms with Crippen LogP contribution in [0.1, 0.15) is 24.1 Å². The predicted molar refractivity (Wildman–Crippen MR) is 79.3 cm³/mol. The van der Waals surface area contributed by atoms with E-state index in [1.165, 1.54) is 11.3 Å². The highest BCUT2D eigenvalue weighted by atomic mass is 15.3. The van der Waals surface area contributed by atoms with Gasteiger partial charge >= 0.3 is 0 Å². The van der Waals surface area contributed by atoms with Crippen LogP contribution >= 0.6 is 0 Å². The number of hydrogen-bond acceptors (Lipinski definition) is 3. The van der Waals surface area contributed by atoms with E-state index in [4.69, 9.17) is 5.73 Å². The maximum absolute atomic E-state index is 6.25. The quantitative estimate of drug-likeness (QED) is 0.894. The van der Waals surface area contributed by atoms with Gasteiger partial charge < -0.3 is 10.6 Å². The molecule has 2 aromatic rings. The van der Waals surface area contributed by atoms with Crippen LogP contribution in [0, 0.1) is 0 Å². The molecule has 1 unspecified atom stereocenters. The summed E-state index contributed by atoms with van der Waals surface area (Å²) in [7, 11) is 4.07. The second-order valence-electron chi connectivity index (χ2n) is 5.00. The van der Waals surface area contributed by atoms with Crippen molar-refractivity contribution >= 4 is 5.69 Å². The largest absolute Gasteiger partial charge is 0.378 e. The van der Waals surface area contributed by atoms with E-state index in [-0.39, 0.29) is 6.04 Å². The van der Waals surface area contributed by atoms with Gasteiger partial charge in [0.05, 0.1) is 6.20 Å². The summed E-state index contributed by atoms with van der Waals surface area (Å²) in [6, 6.07) is 8.43. The Balaban J connectivity index is 2.04. The molecule has 1 heterocycles. The number of nitrogens with two attached hydrogens (primary N) is 1. The molecule has 102 valence electrons. The number of hydrogen-bond donors (Lipinski definition) is 1. The number of rotatable bonds is 5. The van der Waals surface area contributed by atoms with Crippen molar-refractivity contribution in [3.8, 4) is 0 Å². The zero-order valence-electron chi connectivity index (χ0n) is 11.9. The standard InChI is InChI=1S/C15H22N4/c1-4-19-11-12(10-17-19)9-15(16)13-5-7-14(8-6-13)18(2)3/h5-8,10-11,15H,4,9,16H2,1-3H3. The molecule has 0 aliphatic rings. The fourth-order valence-corrected chi connectivity index (χ4v) is 2.08. The first-order valence-corrected chi connectivity index (χ1v) is 6.64. The average Bonchev–Trinajstić information content (AvgIpc) is 2.86. The van der Waals surface area contributed by atoms with Gasteiger partial charge in [0.2, 0.25) is 0 Å². The van der Waals surface area contributed by atoms with E-state index < -0.39 is 0 Å². The van der Waals surface area contributed by atoms with Gasteiger partial charge in [0, 0.05) is 38.6 Å². The first-order chi connectivity index (χ1) is 9.10. The van der Waals surface area contributed by atoms with Crippen molar-refractivity contribution in [3.63, 3.8) is 0 Å². The summed E-state index contributed by atoms with van der Waals surface area (Å²) in [5.41, 5.74) is 9.79. The molecule has 0 radical (unpaired) electrons. The lowest BCUT2D eigenvalue weighted by atomic mass is 10.0. The Morgan fingerprint density at radius 1 is 1.26 bits per heavy atom. The molecular formula is C15H22N4. The van der Waals surface area contributed by atoms with Gasteiger partial charge in [-0.3, -0.25) is 4.68 Å². The van der Waals surface area contributed by atoms with Crippen LogP contribution in [0.5, 0.6) is 0 Å². The normalized spacial score (nSPS) is 12.4. The molecule has 0 amide bonds. The van der Waals surface area contributed by atoms with Gasteiger partial charge in [-0.1, -0.05) is 12.1 Å². The van der Waals surface area contributed by atoms with Gasteiger partial charge in [-0.05, 0) is 36.6 Å². The van der Waals surface area contributed by atoms with Crippen LogP contribution in [0.15, 0.2) is 36.7 Å². The molecular weight excluding hydrogens is 236 g/mol. The van der Waals surface area contributed by atoms with E-state index in [1.54, 1.807) is 0 Å². The van der Waals surface area contributed by atoms with Gasteiger partial charge in [-0.2, -0.15) is 5.10 Å². The minimum absolute atomic E-state index is 0.0192. The van der Waals surface area contributed by atoms with Crippen molar-refractivity contribution in [3.05, 3.63) is 47.8 Å². The summed E-state index contributed by atoms with van der Waals surface area (Å²) in [4.78, 5) is 2.08. The Morgan fingerprint density at radius 2 is 1.95 bits per heavy atom. The molecule has 1 aromatic heterocycles. The van der Waals surface area contributed by atoms with Gasteiger partial charge in [0.1, 0.15) is 0 Å². The van der Waals surface area contributed by atoms with Crippen molar-refractivity contribution in [2.24, 2.45) is 5.73 Å². The number of aryl methyl sites for hydroxylation is 1. The Morgan fingerprint density at radius 3 is 2.47 bits per heavy atom. The summed E-state index contributed by atoms with van der Waals surface area (Å²) in [6.45, 7) is 2.98. The molecule has 0 spiro atoms. The maximum Gasteiger partial charge on any atom is 0.0522 e. The van der Waals surface area contributed by atoms with Crippen molar-refractivity contribution in [1.29, 1.82) is 0 Å².